The predicted molar refractivity (Wildman–Crippen MR) is 112 cm³/mol. The first-order chi connectivity index (χ1) is 12.9. The van der Waals surface area contributed by atoms with Crippen molar-refractivity contribution >= 4 is 46.8 Å². The average molecular weight is 425 g/mol. The van der Waals surface area contributed by atoms with E-state index in [-0.39, 0.29) is 24.1 Å². The SMILES string of the molecule is CCNC(=O)C(C)N(Cc1c(Cl)cccc1Cl)C(=O)CSc1ccccc1. The number of benzene rings is 2. The van der Waals surface area contributed by atoms with Crippen LogP contribution in [0.1, 0.15) is 19.4 Å². The topological polar surface area (TPSA) is 49.4 Å². The lowest BCUT2D eigenvalue weighted by molar-refractivity contribution is -0.138. The van der Waals surface area contributed by atoms with Crippen LogP contribution in [0.25, 0.3) is 0 Å². The maximum atomic E-state index is 12.9. The first kappa shape index (κ1) is 21.6. The van der Waals surface area contributed by atoms with Gasteiger partial charge >= 0.3 is 0 Å². The minimum Gasteiger partial charge on any atom is -0.355 e. The first-order valence-corrected chi connectivity index (χ1v) is 10.4. The monoisotopic (exact) mass is 424 g/mol. The van der Waals surface area contributed by atoms with E-state index in [0.717, 1.165) is 4.90 Å². The van der Waals surface area contributed by atoms with E-state index in [1.807, 2.05) is 37.3 Å². The lowest BCUT2D eigenvalue weighted by atomic mass is 10.1. The van der Waals surface area contributed by atoms with Crippen molar-refractivity contribution in [1.82, 2.24) is 10.2 Å². The number of rotatable bonds is 8. The number of thioether (sulfide) groups is 1. The second kappa shape index (κ2) is 10.6. The molecule has 144 valence electrons. The number of nitrogens with zero attached hydrogens (tertiary/aromatic N) is 1. The van der Waals surface area contributed by atoms with Gasteiger partial charge in [-0.15, -0.1) is 11.8 Å². The van der Waals surface area contributed by atoms with Gasteiger partial charge in [0.15, 0.2) is 0 Å². The third kappa shape index (κ3) is 6.16. The third-order valence-corrected chi connectivity index (χ3v) is 5.72. The summed E-state index contributed by atoms with van der Waals surface area (Å²) in [7, 11) is 0. The number of amides is 2. The fourth-order valence-corrected chi connectivity index (χ4v) is 3.83. The minimum absolute atomic E-state index is 0.154. The molecule has 1 N–H and O–H groups in total. The van der Waals surface area contributed by atoms with Crippen LogP contribution in [0.2, 0.25) is 10.0 Å². The standard InChI is InChI=1S/C20H22Cl2N2O2S/c1-3-23-20(26)14(2)24(12-16-17(21)10-7-11-18(16)22)19(25)13-27-15-8-5-4-6-9-15/h4-11,14H,3,12-13H2,1-2H3,(H,23,26). The molecule has 0 spiro atoms. The van der Waals surface area contributed by atoms with Gasteiger partial charge in [-0.05, 0) is 38.1 Å². The zero-order chi connectivity index (χ0) is 19.8. The number of halogens is 2. The van der Waals surface area contributed by atoms with E-state index >= 15 is 0 Å². The largest absolute Gasteiger partial charge is 0.355 e. The van der Waals surface area contributed by atoms with Gasteiger partial charge in [-0.25, -0.2) is 0 Å². The van der Waals surface area contributed by atoms with Gasteiger partial charge in [-0.2, -0.15) is 0 Å². The number of hydrogen-bond acceptors (Lipinski definition) is 3. The molecule has 1 unspecified atom stereocenters. The highest BCUT2D eigenvalue weighted by molar-refractivity contribution is 8.00. The summed E-state index contributed by atoms with van der Waals surface area (Å²) in [6.07, 6.45) is 0. The van der Waals surface area contributed by atoms with E-state index in [2.05, 4.69) is 5.32 Å². The number of likely N-dealkylation sites (N-methyl/N-ethyl adjacent to an activating group) is 1. The second-order valence-electron chi connectivity index (χ2n) is 5.89. The van der Waals surface area contributed by atoms with Crippen LogP contribution in [0.3, 0.4) is 0 Å². The van der Waals surface area contributed by atoms with Crippen molar-refractivity contribution in [3.05, 3.63) is 64.1 Å². The molecule has 0 saturated carbocycles. The number of carbonyl (C=O) groups excluding carboxylic acids is 2. The van der Waals surface area contributed by atoms with Crippen molar-refractivity contribution in [2.75, 3.05) is 12.3 Å². The van der Waals surface area contributed by atoms with Crippen LogP contribution in [-0.4, -0.2) is 35.1 Å². The molecule has 7 heteroatoms. The zero-order valence-electron chi connectivity index (χ0n) is 15.2. The molecule has 0 bridgehead atoms. The molecular formula is C20H22Cl2N2O2S. The fourth-order valence-electron chi connectivity index (χ4n) is 2.50. The highest BCUT2D eigenvalue weighted by Gasteiger charge is 2.27. The van der Waals surface area contributed by atoms with E-state index in [0.29, 0.717) is 22.2 Å². The molecule has 1 atom stereocenters. The summed E-state index contributed by atoms with van der Waals surface area (Å²) in [4.78, 5) is 27.8. The van der Waals surface area contributed by atoms with E-state index in [4.69, 9.17) is 23.2 Å². The van der Waals surface area contributed by atoms with E-state index in [1.54, 1.807) is 25.1 Å². The van der Waals surface area contributed by atoms with Crippen LogP contribution in [0, 0.1) is 0 Å². The smallest absolute Gasteiger partial charge is 0.242 e. The maximum absolute atomic E-state index is 12.9. The van der Waals surface area contributed by atoms with Crippen molar-refractivity contribution in [2.24, 2.45) is 0 Å². The Kier molecular flexibility index (Phi) is 8.48. The van der Waals surface area contributed by atoms with Crippen LogP contribution in [-0.2, 0) is 16.1 Å². The lowest BCUT2D eigenvalue weighted by Crippen LogP contribution is -2.48. The zero-order valence-corrected chi connectivity index (χ0v) is 17.6. The highest BCUT2D eigenvalue weighted by Crippen LogP contribution is 2.27. The summed E-state index contributed by atoms with van der Waals surface area (Å²) in [5, 5.41) is 3.71. The Hall–Kier alpha value is -1.69. The van der Waals surface area contributed by atoms with Crippen molar-refractivity contribution in [3.8, 4) is 0 Å². The summed E-state index contributed by atoms with van der Waals surface area (Å²) in [5.41, 5.74) is 0.634. The summed E-state index contributed by atoms with van der Waals surface area (Å²) >= 11 is 14.0. The Morgan fingerprint density at radius 1 is 1.07 bits per heavy atom. The van der Waals surface area contributed by atoms with Crippen molar-refractivity contribution in [1.29, 1.82) is 0 Å². The first-order valence-electron chi connectivity index (χ1n) is 8.62. The minimum atomic E-state index is -0.638. The van der Waals surface area contributed by atoms with E-state index in [1.165, 1.54) is 16.7 Å². The second-order valence-corrected chi connectivity index (χ2v) is 7.76. The van der Waals surface area contributed by atoms with Gasteiger partial charge in [-0.3, -0.25) is 9.59 Å². The third-order valence-electron chi connectivity index (χ3n) is 4.01. The van der Waals surface area contributed by atoms with Gasteiger partial charge in [0.2, 0.25) is 11.8 Å². The van der Waals surface area contributed by atoms with E-state index < -0.39 is 6.04 Å². The summed E-state index contributed by atoms with van der Waals surface area (Å²) in [6, 6.07) is 14.2. The molecule has 27 heavy (non-hydrogen) atoms. The molecule has 0 aliphatic heterocycles. The fraction of sp³-hybridized carbons (Fsp3) is 0.300. The number of nitrogens with one attached hydrogen (secondary N) is 1. The Bertz CT molecular complexity index is 767. The predicted octanol–water partition coefficient (Wildman–Crippen LogP) is 4.64. The maximum Gasteiger partial charge on any atom is 0.242 e. The summed E-state index contributed by atoms with van der Waals surface area (Å²) in [5.74, 6) is -0.145. The summed E-state index contributed by atoms with van der Waals surface area (Å²) in [6.45, 7) is 4.22. The molecule has 0 aromatic heterocycles. The molecule has 4 nitrogen and oxygen atoms in total. The average Bonchev–Trinajstić information content (AvgIpc) is 2.66. The molecule has 0 saturated heterocycles. The van der Waals surface area contributed by atoms with Crippen molar-refractivity contribution in [2.45, 2.75) is 31.3 Å². The Labute approximate surface area is 174 Å². The van der Waals surface area contributed by atoms with Gasteiger partial charge in [-0.1, -0.05) is 47.5 Å². The van der Waals surface area contributed by atoms with Gasteiger partial charge in [0, 0.05) is 33.6 Å². The molecule has 2 aromatic rings. The number of hydrogen-bond donors (Lipinski definition) is 1. The van der Waals surface area contributed by atoms with Gasteiger partial charge in [0.1, 0.15) is 6.04 Å². The van der Waals surface area contributed by atoms with E-state index in [9.17, 15) is 9.59 Å². The van der Waals surface area contributed by atoms with Crippen LogP contribution in [0.5, 0.6) is 0 Å². The molecule has 2 aromatic carbocycles. The van der Waals surface area contributed by atoms with Gasteiger partial charge < -0.3 is 10.2 Å². The van der Waals surface area contributed by atoms with Crippen molar-refractivity contribution in [3.63, 3.8) is 0 Å². The Balaban J connectivity index is 2.20. The van der Waals surface area contributed by atoms with Gasteiger partial charge in [0.05, 0.1) is 5.75 Å². The molecule has 0 aliphatic carbocycles. The lowest BCUT2D eigenvalue weighted by Gasteiger charge is -2.29. The highest BCUT2D eigenvalue weighted by atomic mass is 35.5. The molecule has 0 heterocycles. The summed E-state index contributed by atoms with van der Waals surface area (Å²) < 4.78 is 0. The van der Waals surface area contributed by atoms with Crippen molar-refractivity contribution < 1.29 is 9.59 Å². The quantitative estimate of drug-likeness (QED) is 0.627. The van der Waals surface area contributed by atoms with Gasteiger partial charge in [0.25, 0.3) is 0 Å². The normalized spacial score (nSPS) is 11.7. The van der Waals surface area contributed by atoms with Crippen LogP contribution >= 0.6 is 35.0 Å². The molecule has 0 radical (unpaired) electrons. The van der Waals surface area contributed by atoms with Crippen LogP contribution < -0.4 is 5.32 Å². The molecule has 2 rings (SSSR count). The number of carbonyl (C=O) groups is 2. The molecule has 0 aliphatic rings. The Morgan fingerprint density at radius 2 is 1.70 bits per heavy atom. The molecule has 2 amide bonds. The molecular weight excluding hydrogens is 403 g/mol. The van der Waals surface area contributed by atoms with Crippen LogP contribution in [0.4, 0.5) is 0 Å². The molecule has 0 fully saturated rings. The Morgan fingerprint density at radius 3 is 2.30 bits per heavy atom. The van der Waals surface area contributed by atoms with Crippen LogP contribution in [0.15, 0.2) is 53.4 Å².